The maximum Gasteiger partial charge on any atom is 0.202 e. The van der Waals surface area contributed by atoms with Crippen molar-refractivity contribution in [2.24, 2.45) is 11.8 Å². The van der Waals surface area contributed by atoms with Crippen LogP contribution < -0.4 is 5.32 Å². The van der Waals surface area contributed by atoms with Crippen LogP contribution >= 0.6 is 0 Å². The summed E-state index contributed by atoms with van der Waals surface area (Å²) in [7, 11) is 0. The number of nitrogens with one attached hydrogen (secondary N) is 1. The van der Waals surface area contributed by atoms with E-state index >= 15 is 0 Å². The lowest BCUT2D eigenvalue weighted by molar-refractivity contribution is 0.281. The van der Waals surface area contributed by atoms with Gasteiger partial charge in [-0.1, -0.05) is 32.6 Å². The fourth-order valence-electron chi connectivity index (χ4n) is 2.74. The summed E-state index contributed by atoms with van der Waals surface area (Å²) in [5, 5.41) is 3.45. The standard InChI is InChI=1S/C14H25N3/c1-3-17-11-10-16-14(17)15-9-8-13-6-4-12(2)5-7-13/h10-13H,3-9H2,1-2H3,(H,15,16). The van der Waals surface area contributed by atoms with Crippen LogP contribution in [0.1, 0.15) is 46.0 Å². The molecule has 1 saturated carbocycles. The summed E-state index contributed by atoms with van der Waals surface area (Å²) < 4.78 is 2.16. The molecule has 0 radical (unpaired) electrons. The highest BCUT2D eigenvalue weighted by molar-refractivity contribution is 5.25. The second-order valence-corrected chi connectivity index (χ2v) is 5.38. The monoisotopic (exact) mass is 235 g/mol. The molecule has 1 N–H and O–H groups in total. The summed E-state index contributed by atoms with van der Waals surface area (Å²) in [4.78, 5) is 4.33. The molecule has 1 aromatic rings. The molecule has 0 bridgehead atoms. The predicted molar refractivity (Wildman–Crippen MR) is 72.1 cm³/mol. The second-order valence-electron chi connectivity index (χ2n) is 5.38. The maximum absolute atomic E-state index is 4.33. The number of hydrogen-bond donors (Lipinski definition) is 1. The molecular weight excluding hydrogens is 210 g/mol. The van der Waals surface area contributed by atoms with E-state index in [2.05, 4.69) is 28.7 Å². The minimum Gasteiger partial charge on any atom is -0.356 e. The first-order valence-electron chi connectivity index (χ1n) is 7.04. The highest BCUT2D eigenvalue weighted by atomic mass is 15.2. The van der Waals surface area contributed by atoms with Gasteiger partial charge in [-0.2, -0.15) is 0 Å². The zero-order chi connectivity index (χ0) is 12.1. The fourth-order valence-corrected chi connectivity index (χ4v) is 2.74. The predicted octanol–water partition coefficient (Wildman–Crippen LogP) is 3.53. The molecule has 1 aliphatic carbocycles. The molecule has 0 unspecified atom stereocenters. The Morgan fingerprint density at radius 3 is 2.82 bits per heavy atom. The molecule has 0 aliphatic heterocycles. The highest BCUT2D eigenvalue weighted by Gasteiger charge is 2.17. The van der Waals surface area contributed by atoms with Gasteiger partial charge in [0.1, 0.15) is 0 Å². The topological polar surface area (TPSA) is 29.9 Å². The zero-order valence-electron chi connectivity index (χ0n) is 11.2. The third kappa shape index (κ3) is 3.48. The van der Waals surface area contributed by atoms with E-state index in [1.165, 1.54) is 32.1 Å². The van der Waals surface area contributed by atoms with Crippen LogP contribution in [0.5, 0.6) is 0 Å². The number of aromatic nitrogens is 2. The quantitative estimate of drug-likeness (QED) is 0.846. The van der Waals surface area contributed by atoms with Crippen molar-refractivity contribution in [1.82, 2.24) is 9.55 Å². The van der Waals surface area contributed by atoms with Crippen LogP contribution in [-0.2, 0) is 6.54 Å². The van der Waals surface area contributed by atoms with E-state index < -0.39 is 0 Å². The summed E-state index contributed by atoms with van der Waals surface area (Å²) in [6.45, 7) is 6.58. The van der Waals surface area contributed by atoms with Gasteiger partial charge in [-0.05, 0) is 25.2 Å². The van der Waals surface area contributed by atoms with Gasteiger partial charge in [0.15, 0.2) is 0 Å². The lowest BCUT2D eigenvalue weighted by Crippen LogP contribution is -2.16. The number of nitrogens with zero attached hydrogens (tertiary/aromatic N) is 2. The Kier molecular flexibility index (Phi) is 4.46. The first kappa shape index (κ1) is 12.5. The Labute approximate surface area is 105 Å². The van der Waals surface area contributed by atoms with Gasteiger partial charge >= 0.3 is 0 Å². The average molecular weight is 235 g/mol. The van der Waals surface area contributed by atoms with Crippen LogP contribution in [0.25, 0.3) is 0 Å². The summed E-state index contributed by atoms with van der Waals surface area (Å²) in [6, 6.07) is 0. The third-order valence-corrected chi connectivity index (χ3v) is 4.03. The van der Waals surface area contributed by atoms with Gasteiger partial charge in [-0.3, -0.25) is 0 Å². The SMILES string of the molecule is CCn1ccnc1NCCC1CCC(C)CC1. The van der Waals surface area contributed by atoms with Crippen LogP contribution in [0.2, 0.25) is 0 Å². The Balaban J connectivity index is 1.69. The molecule has 3 nitrogen and oxygen atoms in total. The molecule has 0 saturated heterocycles. The summed E-state index contributed by atoms with van der Waals surface area (Å²) in [5.41, 5.74) is 0. The Morgan fingerprint density at radius 2 is 2.12 bits per heavy atom. The van der Waals surface area contributed by atoms with E-state index in [1.54, 1.807) is 0 Å². The van der Waals surface area contributed by atoms with Crippen molar-refractivity contribution in [2.75, 3.05) is 11.9 Å². The van der Waals surface area contributed by atoms with E-state index in [1.807, 2.05) is 12.4 Å². The lowest BCUT2D eigenvalue weighted by Gasteiger charge is -2.26. The smallest absolute Gasteiger partial charge is 0.202 e. The van der Waals surface area contributed by atoms with Gasteiger partial charge in [-0.15, -0.1) is 0 Å². The molecule has 1 fully saturated rings. The molecule has 17 heavy (non-hydrogen) atoms. The van der Waals surface area contributed by atoms with E-state index in [-0.39, 0.29) is 0 Å². The molecule has 1 heterocycles. The van der Waals surface area contributed by atoms with Crippen molar-refractivity contribution in [3.63, 3.8) is 0 Å². The lowest BCUT2D eigenvalue weighted by atomic mass is 9.81. The van der Waals surface area contributed by atoms with Gasteiger partial charge in [0.25, 0.3) is 0 Å². The molecule has 0 atom stereocenters. The summed E-state index contributed by atoms with van der Waals surface area (Å²) >= 11 is 0. The Bertz CT molecular complexity index is 324. The summed E-state index contributed by atoms with van der Waals surface area (Å²) in [6.07, 6.45) is 10.9. The van der Waals surface area contributed by atoms with Crippen LogP contribution in [-0.4, -0.2) is 16.1 Å². The van der Waals surface area contributed by atoms with Crippen LogP contribution in [0, 0.1) is 11.8 Å². The van der Waals surface area contributed by atoms with Crippen LogP contribution in [0.3, 0.4) is 0 Å². The molecule has 0 amide bonds. The number of imidazole rings is 1. The number of aryl methyl sites for hydroxylation is 1. The normalized spacial score (nSPS) is 24.8. The number of rotatable bonds is 5. The van der Waals surface area contributed by atoms with Crippen molar-refractivity contribution < 1.29 is 0 Å². The number of hydrogen-bond acceptors (Lipinski definition) is 2. The van der Waals surface area contributed by atoms with Crippen molar-refractivity contribution in [1.29, 1.82) is 0 Å². The van der Waals surface area contributed by atoms with Crippen molar-refractivity contribution in [3.05, 3.63) is 12.4 Å². The van der Waals surface area contributed by atoms with Gasteiger partial charge in [0, 0.05) is 25.5 Å². The van der Waals surface area contributed by atoms with E-state index in [4.69, 9.17) is 0 Å². The highest BCUT2D eigenvalue weighted by Crippen LogP contribution is 2.30. The van der Waals surface area contributed by atoms with Crippen molar-refractivity contribution in [2.45, 2.75) is 52.5 Å². The van der Waals surface area contributed by atoms with E-state index in [0.29, 0.717) is 0 Å². The molecule has 2 rings (SSSR count). The summed E-state index contributed by atoms with van der Waals surface area (Å²) in [5.74, 6) is 2.92. The third-order valence-electron chi connectivity index (χ3n) is 4.03. The molecule has 96 valence electrons. The van der Waals surface area contributed by atoms with Crippen molar-refractivity contribution in [3.8, 4) is 0 Å². The van der Waals surface area contributed by atoms with Gasteiger partial charge in [0.2, 0.25) is 5.95 Å². The maximum atomic E-state index is 4.33. The van der Waals surface area contributed by atoms with Gasteiger partial charge in [-0.25, -0.2) is 4.98 Å². The molecular formula is C14H25N3. The average Bonchev–Trinajstić information content (AvgIpc) is 2.79. The van der Waals surface area contributed by atoms with E-state index in [0.717, 1.165) is 30.9 Å². The number of anilines is 1. The first-order chi connectivity index (χ1) is 8.29. The second kappa shape index (κ2) is 6.08. The zero-order valence-corrected chi connectivity index (χ0v) is 11.2. The van der Waals surface area contributed by atoms with Crippen LogP contribution in [0.4, 0.5) is 5.95 Å². The minimum absolute atomic E-state index is 0.934. The van der Waals surface area contributed by atoms with Gasteiger partial charge < -0.3 is 9.88 Å². The minimum atomic E-state index is 0.934. The fraction of sp³-hybridized carbons (Fsp3) is 0.786. The molecule has 3 heteroatoms. The molecule has 1 aliphatic rings. The molecule has 0 aromatic carbocycles. The van der Waals surface area contributed by atoms with Crippen molar-refractivity contribution >= 4 is 5.95 Å². The largest absolute Gasteiger partial charge is 0.356 e. The first-order valence-corrected chi connectivity index (χ1v) is 7.04. The molecule has 0 spiro atoms. The molecule has 1 aromatic heterocycles. The Hall–Kier alpha value is -0.990. The van der Waals surface area contributed by atoms with Crippen LogP contribution in [0.15, 0.2) is 12.4 Å². The Morgan fingerprint density at radius 1 is 1.35 bits per heavy atom. The van der Waals surface area contributed by atoms with E-state index in [9.17, 15) is 0 Å². The van der Waals surface area contributed by atoms with Gasteiger partial charge in [0.05, 0.1) is 0 Å².